The minimum Gasteiger partial charge on any atom is -0.472 e. The molecule has 0 saturated heterocycles. The van der Waals surface area contributed by atoms with E-state index in [1.54, 1.807) is 34.8 Å². The van der Waals surface area contributed by atoms with E-state index >= 15 is 0 Å². The van der Waals surface area contributed by atoms with E-state index in [1.807, 2.05) is 23.6 Å². The summed E-state index contributed by atoms with van der Waals surface area (Å²) in [6, 6.07) is 5.77. The van der Waals surface area contributed by atoms with Gasteiger partial charge >= 0.3 is 6.03 Å². The summed E-state index contributed by atoms with van der Waals surface area (Å²) in [6.45, 7) is 5.17. The van der Waals surface area contributed by atoms with E-state index in [1.165, 1.54) is 0 Å². The van der Waals surface area contributed by atoms with Gasteiger partial charge in [0.25, 0.3) is 0 Å². The summed E-state index contributed by atoms with van der Waals surface area (Å²) in [7, 11) is 0. The van der Waals surface area contributed by atoms with Crippen LogP contribution in [-0.4, -0.2) is 17.5 Å². The van der Waals surface area contributed by atoms with Crippen molar-refractivity contribution in [1.29, 1.82) is 0 Å². The van der Waals surface area contributed by atoms with E-state index in [-0.39, 0.29) is 6.03 Å². The first-order chi connectivity index (χ1) is 9.29. The molecule has 19 heavy (non-hydrogen) atoms. The lowest BCUT2D eigenvalue weighted by molar-refractivity contribution is 0.194. The smallest absolute Gasteiger partial charge is 0.318 e. The lowest BCUT2D eigenvalue weighted by atomic mass is 10.3. The maximum absolute atomic E-state index is 12.1. The predicted octanol–water partition coefficient (Wildman–Crippen LogP) is 3.24. The molecule has 0 bridgehead atoms. The van der Waals surface area contributed by atoms with Crippen LogP contribution in [0.5, 0.6) is 0 Å². The number of hydrogen-bond acceptors (Lipinski definition) is 3. The fourth-order valence-corrected chi connectivity index (χ4v) is 2.38. The maximum atomic E-state index is 12.1. The third-order valence-corrected chi connectivity index (χ3v) is 3.43. The molecule has 2 amide bonds. The third kappa shape index (κ3) is 3.99. The molecule has 2 heterocycles. The molecule has 1 N–H and O–H groups in total. The van der Waals surface area contributed by atoms with E-state index in [2.05, 4.69) is 11.9 Å². The number of thiophene rings is 1. The number of hydrogen-bond donors (Lipinski definition) is 1. The summed E-state index contributed by atoms with van der Waals surface area (Å²) < 4.78 is 5.04. The first kappa shape index (κ1) is 13.4. The summed E-state index contributed by atoms with van der Waals surface area (Å²) in [5.74, 6) is 0. The highest BCUT2D eigenvalue weighted by molar-refractivity contribution is 7.09. The first-order valence-electron chi connectivity index (χ1n) is 5.96. The Morgan fingerprint density at radius 3 is 3.00 bits per heavy atom. The molecule has 0 spiro atoms. The van der Waals surface area contributed by atoms with Gasteiger partial charge in [-0.05, 0) is 17.5 Å². The van der Waals surface area contributed by atoms with Gasteiger partial charge in [-0.2, -0.15) is 0 Å². The molecule has 100 valence electrons. The highest BCUT2D eigenvalue weighted by atomic mass is 32.1. The van der Waals surface area contributed by atoms with Gasteiger partial charge in [0.1, 0.15) is 0 Å². The Kier molecular flexibility index (Phi) is 4.80. The molecule has 0 atom stereocenters. The Hall–Kier alpha value is -2.01. The second-order valence-corrected chi connectivity index (χ2v) is 5.07. The van der Waals surface area contributed by atoms with Gasteiger partial charge in [0.05, 0.1) is 25.6 Å². The van der Waals surface area contributed by atoms with Gasteiger partial charge in [-0.1, -0.05) is 12.1 Å². The van der Waals surface area contributed by atoms with Gasteiger partial charge in [0, 0.05) is 17.0 Å². The average molecular weight is 276 g/mol. The van der Waals surface area contributed by atoms with Gasteiger partial charge in [-0.15, -0.1) is 17.9 Å². The molecule has 0 aliphatic rings. The normalized spacial score (nSPS) is 10.1. The van der Waals surface area contributed by atoms with E-state index in [0.29, 0.717) is 19.6 Å². The molecule has 0 radical (unpaired) electrons. The third-order valence-electron chi connectivity index (χ3n) is 2.57. The van der Waals surface area contributed by atoms with Gasteiger partial charge in [0.15, 0.2) is 0 Å². The van der Waals surface area contributed by atoms with Gasteiger partial charge in [-0.25, -0.2) is 4.79 Å². The van der Waals surface area contributed by atoms with Crippen molar-refractivity contribution in [2.24, 2.45) is 0 Å². The minimum atomic E-state index is -0.102. The topological polar surface area (TPSA) is 45.5 Å². The SMILES string of the molecule is C=CCNC(=O)N(Cc1ccoc1)Cc1cccs1. The standard InChI is InChI=1S/C14H16N2O2S/c1-2-6-15-14(17)16(9-12-5-7-18-11-12)10-13-4-3-8-19-13/h2-5,7-8,11H,1,6,9-10H2,(H,15,17). The van der Waals surface area contributed by atoms with Crippen molar-refractivity contribution in [3.63, 3.8) is 0 Å². The Morgan fingerprint density at radius 1 is 1.47 bits per heavy atom. The Labute approximate surface area is 116 Å². The number of urea groups is 1. The van der Waals surface area contributed by atoms with E-state index in [0.717, 1.165) is 10.4 Å². The summed E-state index contributed by atoms with van der Waals surface area (Å²) in [5, 5.41) is 4.81. The van der Waals surface area contributed by atoms with E-state index in [4.69, 9.17) is 4.42 Å². The Balaban J connectivity index is 2.03. The summed E-state index contributed by atoms with van der Waals surface area (Å²) in [6.07, 6.45) is 4.93. The lowest BCUT2D eigenvalue weighted by Gasteiger charge is -2.21. The molecule has 0 aliphatic carbocycles. The zero-order valence-corrected chi connectivity index (χ0v) is 11.4. The Morgan fingerprint density at radius 2 is 2.37 bits per heavy atom. The van der Waals surface area contributed by atoms with Crippen molar-refractivity contribution >= 4 is 17.4 Å². The molecule has 2 rings (SSSR count). The van der Waals surface area contributed by atoms with Crippen LogP contribution in [0.1, 0.15) is 10.4 Å². The number of rotatable bonds is 6. The zero-order chi connectivity index (χ0) is 13.5. The van der Waals surface area contributed by atoms with Crippen LogP contribution in [-0.2, 0) is 13.1 Å². The van der Waals surface area contributed by atoms with Crippen LogP contribution < -0.4 is 5.32 Å². The number of nitrogens with one attached hydrogen (secondary N) is 1. The van der Waals surface area contributed by atoms with E-state index in [9.17, 15) is 4.79 Å². The molecule has 0 aromatic carbocycles. The summed E-state index contributed by atoms with van der Waals surface area (Å²) in [5.41, 5.74) is 0.977. The number of carbonyl (C=O) groups excluding carboxylic acids is 1. The molecule has 2 aromatic rings. The van der Waals surface area contributed by atoms with Gasteiger partial charge in [0.2, 0.25) is 0 Å². The largest absolute Gasteiger partial charge is 0.472 e. The van der Waals surface area contributed by atoms with Crippen molar-refractivity contribution < 1.29 is 9.21 Å². The van der Waals surface area contributed by atoms with Crippen molar-refractivity contribution in [3.05, 3.63) is 59.2 Å². The lowest BCUT2D eigenvalue weighted by Crippen LogP contribution is -2.38. The maximum Gasteiger partial charge on any atom is 0.318 e. The summed E-state index contributed by atoms with van der Waals surface area (Å²) in [4.78, 5) is 15.0. The fraction of sp³-hybridized carbons (Fsp3) is 0.214. The highest BCUT2D eigenvalue weighted by Crippen LogP contribution is 2.14. The van der Waals surface area contributed by atoms with Gasteiger partial charge < -0.3 is 14.6 Å². The molecule has 2 aromatic heterocycles. The summed E-state index contributed by atoms with van der Waals surface area (Å²) >= 11 is 1.64. The minimum absolute atomic E-state index is 0.102. The quantitative estimate of drug-likeness (QED) is 0.823. The number of nitrogens with zero attached hydrogens (tertiary/aromatic N) is 1. The molecule has 5 heteroatoms. The van der Waals surface area contributed by atoms with Crippen LogP contribution in [0.25, 0.3) is 0 Å². The predicted molar refractivity (Wildman–Crippen MR) is 75.9 cm³/mol. The Bertz CT molecular complexity index is 469. The van der Waals surface area contributed by atoms with Crippen molar-refractivity contribution in [3.8, 4) is 0 Å². The monoisotopic (exact) mass is 276 g/mol. The number of carbonyl (C=O) groups is 1. The van der Waals surface area contributed by atoms with Gasteiger partial charge in [-0.3, -0.25) is 0 Å². The molecular formula is C14H16N2O2S. The van der Waals surface area contributed by atoms with Crippen LogP contribution in [0, 0.1) is 0 Å². The first-order valence-corrected chi connectivity index (χ1v) is 6.84. The molecule has 0 fully saturated rings. The van der Waals surface area contributed by atoms with Crippen LogP contribution in [0.2, 0.25) is 0 Å². The number of furan rings is 1. The van der Waals surface area contributed by atoms with Crippen LogP contribution in [0.15, 0.2) is 53.2 Å². The van der Waals surface area contributed by atoms with Crippen molar-refractivity contribution in [2.45, 2.75) is 13.1 Å². The van der Waals surface area contributed by atoms with Crippen LogP contribution in [0.3, 0.4) is 0 Å². The second kappa shape index (κ2) is 6.80. The molecule has 0 unspecified atom stereocenters. The zero-order valence-electron chi connectivity index (χ0n) is 10.5. The number of amides is 2. The average Bonchev–Trinajstić information content (AvgIpc) is 3.08. The molecule has 4 nitrogen and oxygen atoms in total. The van der Waals surface area contributed by atoms with Crippen LogP contribution in [0.4, 0.5) is 4.79 Å². The molecule has 0 saturated carbocycles. The molecular weight excluding hydrogens is 260 g/mol. The van der Waals surface area contributed by atoms with Crippen molar-refractivity contribution in [1.82, 2.24) is 10.2 Å². The molecule has 0 aliphatic heterocycles. The fourth-order valence-electron chi connectivity index (χ4n) is 1.66. The van der Waals surface area contributed by atoms with Crippen LogP contribution >= 0.6 is 11.3 Å². The highest BCUT2D eigenvalue weighted by Gasteiger charge is 2.14. The second-order valence-electron chi connectivity index (χ2n) is 4.04. The van der Waals surface area contributed by atoms with E-state index < -0.39 is 0 Å². The van der Waals surface area contributed by atoms with Crippen molar-refractivity contribution in [2.75, 3.05) is 6.54 Å².